The van der Waals surface area contributed by atoms with E-state index in [1.807, 2.05) is 29.1 Å². The molecule has 3 heterocycles. The first-order chi connectivity index (χ1) is 13.0. The quantitative estimate of drug-likeness (QED) is 0.812. The second-order valence-corrected chi connectivity index (χ2v) is 7.57. The standard InChI is InChI=1S/C20H26N6O/c1-20(2,23-15-19(27)26-10-4-6-17(26)13-21)8-12-25-11-7-18(24-25)16-5-3-9-22-14-16/h3,5,7,9,11,14,17,23H,4,6,8,10,12,15H2,1-2H3/t17-/m0/s1. The van der Waals surface area contributed by atoms with E-state index in [1.54, 1.807) is 17.3 Å². The summed E-state index contributed by atoms with van der Waals surface area (Å²) in [7, 11) is 0. The van der Waals surface area contributed by atoms with Crippen molar-refractivity contribution in [2.45, 2.75) is 51.2 Å². The number of nitrogens with one attached hydrogen (secondary N) is 1. The molecule has 7 nitrogen and oxygen atoms in total. The summed E-state index contributed by atoms with van der Waals surface area (Å²) in [6.45, 7) is 5.85. The van der Waals surface area contributed by atoms with Crippen LogP contribution in [0.3, 0.4) is 0 Å². The summed E-state index contributed by atoms with van der Waals surface area (Å²) in [4.78, 5) is 18.2. The second-order valence-electron chi connectivity index (χ2n) is 7.57. The maximum Gasteiger partial charge on any atom is 0.237 e. The number of rotatable bonds is 7. The Morgan fingerprint density at radius 1 is 1.44 bits per heavy atom. The molecule has 0 radical (unpaired) electrons. The number of aryl methyl sites for hydroxylation is 1. The van der Waals surface area contributed by atoms with Crippen molar-refractivity contribution in [3.63, 3.8) is 0 Å². The van der Waals surface area contributed by atoms with Gasteiger partial charge in [0, 0.05) is 42.8 Å². The van der Waals surface area contributed by atoms with Gasteiger partial charge in [-0.2, -0.15) is 10.4 Å². The van der Waals surface area contributed by atoms with Crippen molar-refractivity contribution < 1.29 is 4.79 Å². The highest BCUT2D eigenvalue weighted by Gasteiger charge is 2.29. The first-order valence-electron chi connectivity index (χ1n) is 9.36. The third kappa shape index (κ3) is 4.92. The molecule has 1 fully saturated rings. The molecule has 7 heteroatoms. The third-order valence-corrected chi connectivity index (χ3v) is 5.00. The summed E-state index contributed by atoms with van der Waals surface area (Å²) >= 11 is 0. The molecular formula is C20H26N6O. The lowest BCUT2D eigenvalue weighted by molar-refractivity contribution is -0.130. The van der Waals surface area contributed by atoms with Crippen LogP contribution in [0.2, 0.25) is 0 Å². The fourth-order valence-electron chi connectivity index (χ4n) is 3.25. The molecule has 0 spiro atoms. The molecule has 2 aromatic rings. The van der Waals surface area contributed by atoms with Crippen molar-refractivity contribution in [1.82, 2.24) is 25.0 Å². The van der Waals surface area contributed by atoms with E-state index in [2.05, 4.69) is 35.3 Å². The van der Waals surface area contributed by atoms with Gasteiger partial charge in [0.05, 0.1) is 18.3 Å². The number of hydrogen-bond donors (Lipinski definition) is 1. The maximum atomic E-state index is 12.4. The van der Waals surface area contributed by atoms with Gasteiger partial charge >= 0.3 is 0 Å². The normalized spacial score (nSPS) is 17.1. The highest BCUT2D eigenvalue weighted by atomic mass is 16.2. The molecule has 1 amide bonds. The minimum atomic E-state index is -0.266. The Kier molecular flexibility index (Phi) is 5.87. The lowest BCUT2D eigenvalue weighted by Gasteiger charge is -2.28. The van der Waals surface area contributed by atoms with E-state index in [4.69, 9.17) is 5.26 Å². The second kappa shape index (κ2) is 8.31. The Labute approximate surface area is 160 Å². The van der Waals surface area contributed by atoms with Gasteiger partial charge in [0.25, 0.3) is 0 Å². The summed E-state index contributed by atoms with van der Waals surface area (Å²) < 4.78 is 1.92. The van der Waals surface area contributed by atoms with E-state index >= 15 is 0 Å². The minimum Gasteiger partial charge on any atom is -0.326 e. The summed E-state index contributed by atoms with van der Waals surface area (Å²) in [5.41, 5.74) is 1.69. The fraction of sp³-hybridized carbons (Fsp3) is 0.500. The summed E-state index contributed by atoms with van der Waals surface area (Å²) in [5, 5.41) is 17.1. The van der Waals surface area contributed by atoms with Gasteiger partial charge in [0.1, 0.15) is 6.04 Å². The van der Waals surface area contributed by atoms with Gasteiger partial charge in [-0.3, -0.25) is 14.5 Å². The fourth-order valence-corrected chi connectivity index (χ4v) is 3.25. The van der Waals surface area contributed by atoms with Crippen LogP contribution in [0.25, 0.3) is 11.3 Å². The highest BCUT2D eigenvalue weighted by molar-refractivity contribution is 5.79. The van der Waals surface area contributed by atoms with Crippen LogP contribution in [0.4, 0.5) is 0 Å². The number of carbonyl (C=O) groups is 1. The average molecular weight is 366 g/mol. The number of hydrogen-bond acceptors (Lipinski definition) is 5. The number of carbonyl (C=O) groups excluding carboxylic acids is 1. The predicted molar refractivity (Wildman–Crippen MR) is 103 cm³/mol. The Morgan fingerprint density at radius 2 is 2.30 bits per heavy atom. The molecule has 0 saturated carbocycles. The molecule has 2 aromatic heterocycles. The lowest BCUT2D eigenvalue weighted by atomic mass is 10.0. The van der Waals surface area contributed by atoms with Crippen LogP contribution in [0, 0.1) is 11.3 Å². The molecule has 142 valence electrons. The highest BCUT2D eigenvalue weighted by Crippen LogP contribution is 2.18. The van der Waals surface area contributed by atoms with Crippen molar-refractivity contribution in [3.8, 4) is 17.3 Å². The minimum absolute atomic E-state index is 0.00470. The third-order valence-electron chi connectivity index (χ3n) is 5.00. The van der Waals surface area contributed by atoms with Gasteiger partial charge in [-0.05, 0) is 51.3 Å². The predicted octanol–water partition coefficient (Wildman–Crippen LogP) is 2.22. The van der Waals surface area contributed by atoms with Crippen molar-refractivity contribution in [2.75, 3.05) is 13.1 Å². The molecule has 0 unspecified atom stereocenters. The first-order valence-corrected chi connectivity index (χ1v) is 9.36. The largest absolute Gasteiger partial charge is 0.326 e. The van der Waals surface area contributed by atoms with Crippen molar-refractivity contribution >= 4 is 5.91 Å². The van der Waals surface area contributed by atoms with Crippen molar-refractivity contribution in [1.29, 1.82) is 5.26 Å². The number of aromatic nitrogens is 3. The van der Waals surface area contributed by atoms with Crippen LogP contribution < -0.4 is 5.32 Å². The summed E-state index contributed by atoms with van der Waals surface area (Å²) in [6, 6.07) is 7.82. The van der Waals surface area contributed by atoms with Crippen LogP contribution in [0.1, 0.15) is 33.1 Å². The number of amides is 1. The van der Waals surface area contributed by atoms with Gasteiger partial charge in [-0.25, -0.2) is 0 Å². The molecular weight excluding hydrogens is 340 g/mol. The lowest BCUT2D eigenvalue weighted by Crippen LogP contribution is -2.47. The monoisotopic (exact) mass is 366 g/mol. The van der Waals surface area contributed by atoms with Crippen LogP contribution in [-0.2, 0) is 11.3 Å². The topological polar surface area (TPSA) is 86.8 Å². The zero-order valence-electron chi connectivity index (χ0n) is 15.9. The number of likely N-dealkylation sites (tertiary alicyclic amines) is 1. The Morgan fingerprint density at radius 3 is 3.04 bits per heavy atom. The first kappa shape index (κ1) is 19.1. The van der Waals surface area contributed by atoms with E-state index < -0.39 is 0 Å². The molecule has 1 N–H and O–H groups in total. The van der Waals surface area contributed by atoms with E-state index in [9.17, 15) is 4.79 Å². The van der Waals surface area contributed by atoms with Gasteiger partial charge in [0.15, 0.2) is 0 Å². The molecule has 0 aromatic carbocycles. The van der Waals surface area contributed by atoms with Crippen LogP contribution in [0.15, 0.2) is 36.8 Å². The van der Waals surface area contributed by atoms with E-state index in [0.29, 0.717) is 6.54 Å². The van der Waals surface area contributed by atoms with Crippen LogP contribution in [0.5, 0.6) is 0 Å². The van der Waals surface area contributed by atoms with Gasteiger partial charge in [0.2, 0.25) is 5.91 Å². The van der Waals surface area contributed by atoms with Gasteiger partial charge in [-0.15, -0.1) is 0 Å². The van der Waals surface area contributed by atoms with Gasteiger partial charge < -0.3 is 10.2 Å². The molecule has 1 aliphatic heterocycles. The van der Waals surface area contributed by atoms with Crippen LogP contribution in [-0.4, -0.2) is 50.2 Å². The Hall–Kier alpha value is -2.72. The zero-order chi connectivity index (χ0) is 19.3. The molecule has 27 heavy (non-hydrogen) atoms. The van der Waals surface area contributed by atoms with Crippen molar-refractivity contribution in [2.24, 2.45) is 0 Å². The van der Waals surface area contributed by atoms with E-state index in [1.165, 1.54) is 0 Å². The molecule has 1 atom stereocenters. The summed E-state index contributed by atoms with van der Waals surface area (Å²) in [6.07, 6.45) is 8.03. The molecule has 1 saturated heterocycles. The van der Waals surface area contributed by atoms with Gasteiger partial charge in [-0.1, -0.05) is 0 Å². The SMILES string of the molecule is CC(C)(CCn1ccc(-c2cccnc2)n1)NCC(=O)N1CCC[C@H]1C#N. The molecule has 3 rings (SSSR count). The average Bonchev–Trinajstić information content (AvgIpc) is 3.34. The molecule has 0 aliphatic carbocycles. The Balaban J connectivity index is 1.49. The number of nitriles is 1. The molecule has 1 aliphatic rings. The smallest absolute Gasteiger partial charge is 0.237 e. The van der Waals surface area contributed by atoms with E-state index in [0.717, 1.165) is 37.1 Å². The van der Waals surface area contributed by atoms with E-state index in [-0.39, 0.29) is 24.0 Å². The van der Waals surface area contributed by atoms with Crippen LogP contribution >= 0.6 is 0 Å². The summed E-state index contributed by atoms with van der Waals surface area (Å²) in [5.74, 6) is 0.00470. The zero-order valence-corrected chi connectivity index (χ0v) is 15.9. The Bertz CT molecular complexity index is 807. The van der Waals surface area contributed by atoms with Crippen molar-refractivity contribution in [3.05, 3.63) is 36.8 Å². The molecule has 0 bridgehead atoms. The number of pyridine rings is 1. The maximum absolute atomic E-state index is 12.4. The number of nitrogens with zero attached hydrogens (tertiary/aromatic N) is 5.